The van der Waals surface area contributed by atoms with Gasteiger partial charge in [0, 0.05) is 19.5 Å². The summed E-state index contributed by atoms with van der Waals surface area (Å²) in [4.78, 5) is 22.7. The molecule has 0 unspecified atom stereocenters. The lowest BCUT2D eigenvalue weighted by Crippen LogP contribution is -2.15. The van der Waals surface area contributed by atoms with Gasteiger partial charge < -0.3 is 15.0 Å². The molecule has 2 aromatic heterocycles. The van der Waals surface area contributed by atoms with E-state index in [4.69, 9.17) is 4.74 Å². The summed E-state index contributed by atoms with van der Waals surface area (Å²) in [5, 5.41) is 5.39. The molecule has 1 aromatic carbocycles. The maximum atomic E-state index is 12.9. The third-order valence-electron chi connectivity index (χ3n) is 3.61. The van der Waals surface area contributed by atoms with Gasteiger partial charge in [0.05, 0.1) is 24.0 Å². The Labute approximate surface area is 160 Å². The number of hydrogen-bond acceptors (Lipinski definition) is 6. The van der Waals surface area contributed by atoms with E-state index >= 15 is 0 Å². The summed E-state index contributed by atoms with van der Waals surface area (Å²) >= 11 is 1.42. The largest absolute Gasteiger partial charge is 0.486 e. The van der Waals surface area contributed by atoms with Crippen LogP contribution in [0.3, 0.4) is 0 Å². The van der Waals surface area contributed by atoms with Gasteiger partial charge in [-0.1, -0.05) is 0 Å². The molecule has 0 aliphatic rings. The van der Waals surface area contributed by atoms with Crippen molar-refractivity contribution >= 4 is 28.7 Å². The molecule has 0 saturated carbocycles. The van der Waals surface area contributed by atoms with Crippen molar-refractivity contribution in [1.82, 2.24) is 9.97 Å². The van der Waals surface area contributed by atoms with Crippen molar-refractivity contribution in [3.05, 3.63) is 64.5 Å². The van der Waals surface area contributed by atoms with Gasteiger partial charge in [0.25, 0.3) is 0 Å². The number of ether oxygens (including phenoxy) is 1. The second kappa shape index (κ2) is 8.59. The van der Waals surface area contributed by atoms with Gasteiger partial charge in [-0.05, 0) is 36.4 Å². The SMILES string of the molecule is CN(C)c1ccc(NC(=O)Cc2csc(COc3ccc(F)cc3)n2)cn1. The molecule has 1 amide bonds. The number of carbonyl (C=O) groups excluding carboxylic acids is 1. The number of anilines is 2. The number of pyridine rings is 1. The Morgan fingerprint density at radius 2 is 2.00 bits per heavy atom. The molecule has 140 valence electrons. The molecule has 1 N–H and O–H groups in total. The third-order valence-corrected chi connectivity index (χ3v) is 4.48. The predicted molar refractivity (Wildman–Crippen MR) is 104 cm³/mol. The molecule has 0 atom stereocenters. The summed E-state index contributed by atoms with van der Waals surface area (Å²) in [6.45, 7) is 0.272. The van der Waals surface area contributed by atoms with E-state index in [1.165, 1.54) is 23.5 Å². The zero-order valence-electron chi connectivity index (χ0n) is 15.0. The Hall–Kier alpha value is -3.00. The van der Waals surface area contributed by atoms with Gasteiger partial charge in [-0.25, -0.2) is 14.4 Å². The summed E-state index contributed by atoms with van der Waals surface area (Å²) in [7, 11) is 3.81. The average Bonchev–Trinajstić information content (AvgIpc) is 3.09. The number of hydrogen-bond donors (Lipinski definition) is 1. The summed E-state index contributed by atoms with van der Waals surface area (Å²) in [5.41, 5.74) is 1.31. The van der Waals surface area contributed by atoms with E-state index in [1.807, 2.05) is 36.5 Å². The third kappa shape index (κ3) is 5.49. The van der Waals surface area contributed by atoms with Gasteiger partial charge in [0.15, 0.2) is 0 Å². The van der Waals surface area contributed by atoms with Gasteiger partial charge in [-0.15, -0.1) is 11.3 Å². The fourth-order valence-electron chi connectivity index (χ4n) is 2.27. The standard InChI is InChI=1S/C19H19FN4O2S/c1-24(2)17-8-5-14(10-21-17)22-18(25)9-15-12-27-19(23-15)11-26-16-6-3-13(20)4-7-16/h3-8,10,12H,9,11H2,1-2H3,(H,22,25). The highest BCUT2D eigenvalue weighted by molar-refractivity contribution is 7.09. The maximum Gasteiger partial charge on any atom is 0.230 e. The highest BCUT2D eigenvalue weighted by atomic mass is 32.1. The molecule has 6 nitrogen and oxygen atoms in total. The number of amides is 1. The second-order valence-corrected chi connectivity index (χ2v) is 6.94. The summed E-state index contributed by atoms with van der Waals surface area (Å²) in [5.74, 6) is 0.917. The Bertz CT molecular complexity index is 895. The van der Waals surface area contributed by atoms with Crippen molar-refractivity contribution in [3.8, 4) is 5.75 Å². The molecule has 0 radical (unpaired) electrons. The zero-order chi connectivity index (χ0) is 19.2. The topological polar surface area (TPSA) is 67.4 Å². The molecular formula is C19H19FN4O2S. The molecule has 3 aromatic rings. The highest BCUT2D eigenvalue weighted by Gasteiger charge is 2.09. The van der Waals surface area contributed by atoms with Crippen molar-refractivity contribution in [3.63, 3.8) is 0 Å². The van der Waals surface area contributed by atoms with Gasteiger partial charge >= 0.3 is 0 Å². The average molecular weight is 386 g/mol. The van der Waals surface area contributed by atoms with E-state index in [0.29, 0.717) is 17.1 Å². The maximum absolute atomic E-state index is 12.9. The zero-order valence-corrected chi connectivity index (χ0v) is 15.8. The smallest absolute Gasteiger partial charge is 0.230 e. The number of nitrogens with zero attached hydrogens (tertiary/aromatic N) is 3. The number of benzene rings is 1. The fraction of sp³-hybridized carbons (Fsp3) is 0.211. The molecule has 2 heterocycles. The van der Waals surface area contributed by atoms with Crippen molar-refractivity contribution in [2.45, 2.75) is 13.0 Å². The van der Waals surface area contributed by atoms with Crippen LogP contribution in [0.2, 0.25) is 0 Å². The number of aromatic nitrogens is 2. The van der Waals surface area contributed by atoms with Crippen molar-refractivity contribution in [2.75, 3.05) is 24.3 Å². The molecule has 27 heavy (non-hydrogen) atoms. The Balaban J connectivity index is 1.50. The lowest BCUT2D eigenvalue weighted by atomic mass is 10.3. The van der Waals surface area contributed by atoms with Crippen LogP contribution in [0, 0.1) is 5.82 Å². The van der Waals surface area contributed by atoms with Gasteiger partial charge in [-0.2, -0.15) is 0 Å². The molecule has 0 aliphatic heterocycles. The number of carbonyl (C=O) groups is 1. The molecule has 0 aliphatic carbocycles. The lowest BCUT2D eigenvalue weighted by molar-refractivity contribution is -0.115. The van der Waals surface area contributed by atoms with Crippen LogP contribution < -0.4 is 15.0 Å². The minimum atomic E-state index is -0.309. The minimum Gasteiger partial charge on any atom is -0.486 e. The number of thiazole rings is 1. The Morgan fingerprint density at radius 3 is 2.67 bits per heavy atom. The number of halogens is 1. The van der Waals surface area contributed by atoms with E-state index in [9.17, 15) is 9.18 Å². The highest BCUT2D eigenvalue weighted by Crippen LogP contribution is 2.17. The Kier molecular flexibility index (Phi) is 5.97. The van der Waals surface area contributed by atoms with Crippen molar-refractivity contribution in [2.24, 2.45) is 0 Å². The van der Waals surface area contributed by atoms with E-state index < -0.39 is 0 Å². The van der Waals surface area contributed by atoms with Crippen LogP contribution in [0.15, 0.2) is 48.0 Å². The monoisotopic (exact) mass is 386 g/mol. The number of nitrogens with one attached hydrogen (secondary N) is 1. The van der Waals surface area contributed by atoms with Gasteiger partial charge in [0.2, 0.25) is 5.91 Å². The van der Waals surface area contributed by atoms with Crippen molar-refractivity contribution < 1.29 is 13.9 Å². The minimum absolute atomic E-state index is 0.161. The predicted octanol–water partition coefficient (Wildman–Crippen LogP) is 3.50. The number of rotatable bonds is 7. The normalized spacial score (nSPS) is 10.5. The summed E-state index contributed by atoms with van der Waals surface area (Å²) in [6.07, 6.45) is 1.79. The van der Waals surface area contributed by atoms with Crippen LogP contribution in [0.25, 0.3) is 0 Å². The first-order valence-electron chi connectivity index (χ1n) is 8.24. The molecule has 0 bridgehead atoms. The summed E-state index contributed by atoms with van der Waals surface area (Å²) < 4.78 is 18.4. The molecule has 0 spiro atoms. The molecular weight excluding hydrogens is 367 g/mol. The summed E-state index contributed by atoms with van der Waals surface area (Å²) in [6, 6.07) is 9.45. The fourth-order valence-corrected chi connectivity index (χ4v) is 2.97. The first-order chi connectivity index (χ1) is 13.0. The Morgan fingerprint density at radius 1 is 1.22 bits per heavy atom. The first kappa shape index (κ1) is 18.8. The van der Waals surface area contributed by atoms with Crippen LogP contribution >= 0.6 is 11.3 Å². The van der Waals surface area contributed by atoms with Crippen LogP contribution in [0.1, 0.15) is 10.7 Å². The second-order valence-electron chi connectivity index (χ2n) is 6.00. The van der Waals surface area contributed by atoms with Gasteiger partial charge in [0.1, 0.15) is 29.0 Å². The van der Waals surface area contributed by atoms with E-state index in [0.717, 1.165) is 10.8 Å². The molecule has 3 rings (SSSR count). The first-order valence-corrected chi connectivity index (χ1v) is 9.12. The lowest BCUT2D eigenvalue weighted by Gasteiger charge is -2.11. The van der Waals surface area contributed by atoms with E-state index in [1.54, 1.807) is 18.3 Å². The van der Waals surface area contributed by atoms with Crippen molar-refractivity contribution in [1.29, 1.82) is 0 Å². The van der Waals surface area contributed by atoms with Crippen LogP contribution in [-0.4, -0.2) is 30.0 Å². The van der Waals surface area contributed by atoms with Gasteiger partial charge in [-0.3, -0.25) is 4.79 Å². The quantitative estimate of drug-likeness (QED) is 0.673. The van der Waals surface area contributed by atoms with Crippen LogP contribution in [0.4, 0.5) is 15.9 Å². The molecule has 0 fully saturated rings. The molecule has 0 saturated heterocycles. The molecule has 8 heteroatoms. The van der Waals surface area contributed by atoms with Crippen LogP contribution in [-0.2, 0) is 17.8 Å². The van der Waals surface area contributed by atoms with Crippen LogP contribution in [0.5, 0.6) is 5.75 Å². The van der Waals surface area contributed by atoms with E-state index in [2.05, 4.69) is 15.3 Å². The van der Waals surface area contributed by atoms with E-state index in [-0.39, 0.29) is 24.8 Å².